The van der Waals surface area contributed by atoms with Gasteiger partial charge in [-0.1, -0.05) is 12.1 Å². The Kier molecular flexibility index (Phi) is 4.00. The molecule has 0 bridgehead atoms. The van der Waals surface area contributed by atoms with E-state index in [1.807, 2.05) is 35.9 Å². The van der Waals surface area contributed by atoms with Crippen LogP contribution in [0.4, 0.5) is 10.5 Å². The number of carbonyl (C=O) groups excluding carboxylic acids is 2. The van der Waals surface area contributed by atoms with Crippen molar-refractivity contribution in [1.82, 2.24) is 9.55 Å². The van der Waals surface area contributed by atoms with Gasteiger partial charge in [0.25, 0.3) is 11.1 Å². The van der Waals surface area contributed by atoms with Gasteiger partial charge in [0.05, 0.1) is 28.7 Å². The van der Waals surface area contributed by atoms with E-state index in [0.717, 1.165) is 22.8 Å². The van der Waals surface area contributed by atoms with E-state index in [0.29, 0.717) is 22.2 Å². The van der Waals surface area contributed by atoms with E-state index >= 15 is 0 Å². The van der Waals surface area contributed by atoms with Crippen molar-refractivity contribution in [3.8, 4) is 5.75 Å². The summed E-state index contributed by atoms with van der Waals surface area (Å²) in [6.45, 7) is 0. The molecule has 0 N–H and O–H groups in total. The second kappa shape index (κ2) is 6.34. The molecule has 2 heterocycles. The number of nitrogens with zero attached hydrogens (tertiary/aromatic N) is 3. The molecular formula is C19H15N3O3S. The number of carbonyl (C=O) groups is 2. The van der Waals surface area contributed by atoms with Crippen LogP contribution in [0.25, 0.3) is 17.1 Å². The largest absolute Gasteiger partial charge is 0.497 e. The molecule has 26 heavy (non-hydrogen) atoms. The van der Waals surface area contributed by atoms with Gasteiger partial charge in [-0.3, -0.25) is 9.59 Å². The van der Waals surface area contributed by atoms with Gasteiger partial charge in [-0.05, 0) is 48.2 Å². The third-order valence-electron chi connectivity index (χ3n) is 4.21. The maximum atomic E-state index is 12.7. The molecule has 6 nitrogen and oxygen atoms in total. The predicted molar refractivity (Wildman–Crippen MR) is 102 cm³/mol. The van der Waals surface area contributed by atoms with Crippen molar-refractivity contribution in [1.29, 1.82) is 0 Å². The zero-order valence-corrected chi connectivity index (χ0v) is 15.0. The quantitative estimate of drug-likeness (QED) is 0.660. The highest BCUT2D eigenvalue weighted by molar-refractivity contribution is 8.19. The van der Waals surface area contributed by atoms with Gasteiger partial charge < -0.3 is 9.30 Å². The molecule has 2 amide bonds. The van der Waals surface area contributed by atoms with Crippen LogP contribution >= 0.6 is 11.8 Å². The first-order valence-corrected chi connectivity index (χ1v) is 8.73. The number of rotatable bonds is 3. The third kappa shape index (κ3) is 2.66. The summed E-state index contributed by atoms with van der Waals surface area (Å²) in [6, 6.07) is 14.5. The second-order valence-corrected chi connectivity index (χ2v) is 6.73. The third-order valence-corrected chi connectivity index (χ3v) is 5.08. The van der Waals surface area contributed by atoms with Crippen LogP contribution in [0, 0.1) is 0 Å². The van der Waals surface area contributed by atoms with Crippen LogP contribution in [0.2, 0.25) is 0 Å². The van der Waals surface area contributed by atoms with Crippen LogP contribution in [0.5, 0.6) is 5.75 Å². The molecule has 0 aliphatic carbocycles. The number of aryl methyl sites for hydroxylation is 1. The Hall–Kier alpha value is -3.06. The molecule has 0 atom stereocenters. The molecule has 4 rings (SSSR count). The van der Waals surface area contributed by atoms with Gasteiger partial charge in [0.15, 0.2) is 0 Å². The molecule has 1 aliphatic heterocycles. The van der Waals surface area contributed by atoms with Gasteiger partial charge in [0, 0.05) is 13.1 Å². The molecule has 3 aromatic rings. The monoisotopic (exact) mass is 365 g/mol. The highest BCUT2D eigenvalue weighted by Crippen LogP contribution is 2.36. The highest BCUT2D eigenvalue weighted by Gasteiger charge is 2.36. The van der Waals surface area contributed by atoms with Crippen molar-refractivity contribution in [3.05, 3.63) is 59.3 Å². The number of imide groups is 1. The van der Waals surface area contributed by atoms with Crippen molar-refractivity contribution in [2.45, 2.75) is 0 Å². The number of aromatic nitrogens is 2. The Bertz CT molecular complexity index is 1050. The molecule has 0 spiro atoms. The number of anilines is 1. The molecule has 7 heteroatoms. The Morgan fingerprint density at radius 3 is 2.50 bits per heavy atom. The zero-order chi connectivity index (χ0) is 18.3. The molecule has 1 saturated heterocycles. The lowest BCUT2D eigenvalue weighted by atomic mass is 10.2. The van der Waals surface area contributed by atoms with E-state index in [2.05, 4.69) is 4.98 Å². The van der Waals surface area contributed by atoms with Gasteiger partial charge in [0.2, 0.25) is 0 Å². The number of ether oxygens (including phenoxy) is 1. The van der Waals surface area contributed by atoms with E-state index in [9.17, 15) is 9.59 Å². The maximum Gasteiger partial charge on any atom is 0.298 e. The Morgan fingerprint density at radius 1 is 1.08 bits per heavy atom. The van der Waals surface area contributed by atoms with E-state index in [4.69, 9.17) is 4.74 Å². The lowest BCUT2D eigenvalue weighted by molar-refractivity contribution is -0.113. The molecule has 1 aromatic heterocycles. The first-order valence-electron chi connectivity index (χ1n) is 7.92. The minimum atomic E-state index is -0.350. The van der Waals surface area contributed by atoms with Gasteiger partial charge in [-0.15, -0.1) is 0 Å². The fraction of sp³-hybridized carbons (Fsp3) is 0.105. The molecule has 2 aromatic carbocycles. The first kappa shape index (κ1) is 16.4. The highest BCUT2D eigenvalue weighted by atomic mass is 32.2. The lowest BCUT2D eigenvalue weighted by Gasteiger charge is -2.12. The van der Waals surface area contributed by atoms with Gasteiger partial charge in [0.1, 0.15) is 11.6 Å². The van der Waals surface area contributed by atoms with Crippen molar-refractivity contribution in [3.63, 3.8) is 0 Å². The number of amides is 2. The number of thioether (sulfide) groups is 1. The minimum absolute atomic E-state index is 0.329. The summed E-state index contributed by atoms with van der Waals surface area (Å²) in [5.74, 6) is 0.944. The van der Waals surface area contributed by atoms with E-state index in [1.54, 1.807) is 37.5 Å². The van der Waals surface area contributed by atoms with E-state index < -0.39 is 0 Å². The van der Waals surface area contributed by atoms with Crippen molar-refractivity contribution in [2.24, 2.45) is 7.05 Å². The SMILES string of the molecule is COc1ccc(N2C(=O)SC(=Cc3nc4ccccc4n3C)C2=O)cc1. The first-order chi connectivity index (χ1) is 12.6. The summed E-state index contributed by atoms with van der Waals surface area (Å²) in [5, 5.41) is -0.329. The van der Waals surface area contributed by atoms with Crippen molar-refractivity contribution in [2.75, 3.05) is 12.0 Å². The molecule has 0 unspecified atom stereocenters. The van der Waals surface area contributed by atoms with Crippen LogP contribution < -0.4 is 9.64 Å². The number of fused-ring (bicyclic) bond motifs is 1. The molecule has 1 aliphatic rings. The van der Waals surface area contributed by atoms with Crippen LogP contribution in [0.15, 0.2) is 53.4 Å². The molecule has 0 saturated carbocycles. The van der Waals surface area contributed by atoms with Crippen LogP contribution in [0.1, 0.15) is 5.82 Å². The number of imidazole rings is 1. The summed E-state index contributed by atoms with van der Waals surface area (Å²) >= 11 is 0.914. The zero-order valence-electron chi connectivity index (χ0n) is 14.2. The second-order valence-electron chi connectivity index (χ2n) is 5.73. The Labute approximate surface area is 154 Å². The van der Waals surface area contributed by atoms with Gasteiger partial charge in [-0.25, -0.2) is 9.88 Å². The summed E-state index contributed by atoms with van der Waals surface area (Å²) in [6.07, 6.45) is 1.66. The van der Waals surface area contributed by atoms with Crippen LogP contribution in [-0.2, 0) is 11.8 Å². The predicted octanol–water partition coefficient (Wildman–Crippen LogP) is 3.82. The van der Waals surface area contributed by atoms with Crippen LogP contribution in [0.3, 0.4) is 0 Å². The van der Waals surface area contributed by atoms with Crippen molar-refractivity contribution >= 4 is 45.7 Å². The van der Waals surface area contributed by atoms with E-state index in [-0.39, 0.29) is 11.1 Å². The Morgan fingerprint density at radius 2 is 1.81 bits per heavy atom. The van der Waals surface area contributed by atoms with Gasteiger partial charge >= 0.3 is 0 Å². The molecule has 0 radical (unpaired) electrons. The standard InChI is InChI=1S/C19H15N3O3S/c1-21-15-6-4-3-5-14(15)20-17(21)11-16-18(23)22(19(24)26-16)12-7-9-13(25-2)10-8-12/h3-11H,1-2H3. The summed E-state index contributed by atoms with van der Waals surface area (Å²) in [7, 11) is 3.45. The molecular weight excluding hydrogens is 350 g/mol. The number of hydrogen-bond acceptors (Lipinski definition) is 5. The Balaban J connectivity index is 1.69. The average molecular weight is 365 g/mol. The summed E-state index contributed by atoms with van der Waals surface area (Å²) < 4.78 is 7.01. The fourth-order valence-electron chi connectivity index (χ4n) is 2.83. The smallest absolute Gasteiger partial charge is 0.298 e. The fourth-order valence-corrected chi connectivity index (χ4v) is 3.64. The number of para-hydroxylation sites is 2. The average Bonchev–Trinajstić information content (AvgIpc) is 3.12. The summed E-state index contributed by atoms with van der Waals surface area (Å²) in [4.78, 5) is 31.2. The van der Waals surface area contributed by atoms with Crippen LogP contribution in [-0.4, -0.2) is 27.8 Å². The molecule has 1 fully saturated rings. The summed E-state index contributed by atoms with van der Waals surface area (Å²) in [5.41, 5.74) is 2.32. The maximum absolute atomic E-state index is 12.7. The van der Waals surface area contributed by atoms with Gasteiger partial charge in [-0.2, -0.15) is 0 Å². The van der Waals surface area contributed by atoms with E-state index in [1.165, 1.54) is 4.90 Å². The normalized spacial score (nSPS) is 16.1. The topological polar surface area (TPSA) is 64.4 Å². The molecule has 130 valence electrons. The number of benzene rings is 2. The van der Waals surface area contributed by atoms with Crippen molar-refractivity contribution < 1.29 is 14.3 Å². The lowest BCUT2D eigenvalue weighted by Crippen LogP contribution is -2.27. The number of methoxy groups -OCH3 is 1. The minimum Gasteiger partial charge on any atom is -0.497 e. The number of hydrogen-bond donors (Lipinski definition) is 0.